The molecule has 0 aromatic heterocycles. The summed E-state index contributed by atoms with van der Waals surface area (Å²) in [5, 5.41) is 10.7. The number of amides is 1. The van der Waals surface area contributed by atoms with E-state index in [0.29, 0.717) is 5.75 Å². The van der Waals surface area contributed by atoms with E-state index in [1.807, 2.05) is 25.1 Å². The van der Waals surface area contributed by atoms with Gasteiger partial charge < -0.3 is 15.2 Å². The van der Waals surface area contributed by atoms with Crippen LogP contribution in [0.15, 0.2) is 24.3 Å². The second-order valence-corrected chi connectivity index (χ2v) is 3.87. The van der Waals surface area contributed by atoms with Crippen LogP contribution in [-0.4, -0.2) is 29.6 Å². The highest BCUT2D eigenvalue weighted by molar-refractivity contribution is 5.84. The minimum Gasteiger partial charge on any atom is -0.481 e. The number of benzene rings is 1. The van der Waals surface area contributed by atoms with Crippen molar-refractivity contribution in [2.24, 2.45) is 0 Å². The van der Waals surface area contributed by atoms with Crippen molar-refractivity contribution in [3.8, 4) is 5.75 Å². The van der Waals surface area contributed by atoms with Gasteiger partial charge in [0.25, 0.3) is 5.91 Å². The highest BCUT2D eigenvalue weighted by Gasteiger charge is 2.15. The van der Waals surface area contributed by atoms with Crippen molar-refractivity contribution in [3.05, 3.63) is 29.8 Å². The molecule has 0 bridgehead atoms. The van der Waals surface area contributed by atoms with E-state index in [9.17, 15) is 9.59 Å². The molecule has 0 aliphatic rings. The van der Waals surface area contributed by atoms with Gasteiger partial charge in [0.15, 0.2) is 6.10 Å². The molecule has 1 unspecified atom stereocenters. The lowest BCUT2D eigenvalue weighted by Gasteiger charge is -2.14. The van der Waals surface area contributed by atoms with Crippen LogP contribution >= 0.6 is 0 Å². The molecule has 1 aromatic carbocycles. The average Bonchev–Trinajstić information content (AvgIpc) is 2.36. The second kappa shape index (κ2) is 6.64. The summed E-state index contributed by atoms with van der Waals surface area (Å²) in [6, 6.07) is 7.46. The Morgan fingerprint density at radius 2 is 2.17 bits per heavy atom. The number of nitrogens with one attached hydrogen (secondary N) is 1. The molecular formula is C13H17NO4. The fourth-order valence-corrected chi connectivity index (χ4v) is 1.40. The summed E-state index contributed by atoms with van der Waals surface area (Å²) >= 11 is 0. The highest BCUT2D eigenvalue weighted by atomic mass is 16.5. The largest absolute Gasteiger partial charge is 0.481 e. The van der Waals surface area contributed by atoms with Crippen LogP contribution in [0.1, 0.15) is 19.4 Å². The van der Waals surface area contributed by atoms with Gasteiger partial charge in [-0.05, 0) is 31.0 Å². The van der Waals surface area contributed by atoms with E-state index < -0.39 is 24.5 Å². The van der Waals surface area contributed by atoms with E-state index >= 15 is 0 Å². The Morgan fingerprint density at radius 1 is 1.44 bits per heavy atom. The van der Waals surface area contributed by atoms with Crippen molar-refractivity contribution in [2.45, 2.75) is 26.4 Å². The molecular weight excluding hydrogens is 234 g/mol. The van der Waals surface area contributed by atoms with Crippen LogP contribution in [0.3, 0.4) is 0 Å². The van der Waals surface area contributed by atoms with Crippen LogP contribution in [-0.2, 0) is 16.0 Å². The SMILES string of the molecule is CCc1cccc(OC(C)C(=O)NCC(=O)O)c1. The number of hydrogen-bond acceptors (Lipinski definition) is 3. The summed E-state index contributed by atoms with van der Waals surface area (Å²) in [5.74, 6) is -0.921. The standard InChI is InChI=1S/C13H17NO4/c1-3-10-5-4-6-11(7-10)18-9(2)13(17)14-8-12(15)16/h4-7,9H,3,8H2,1-2H3,(H,14,17)(H,15,16). The third-order valence-electron chi connectivity index (χ3n) is 2.40. The molecule has 1 atom stereocenters. The maximum atomic E-state index is 11.5. The summed E-state index contributed by atoms with van der Waals surface area (Å²) in [6.07, 6.45) is 0.160. The van der Waals surface area contributed by atoms with Gasteiger partial charge in [0.1, 0.15) is 12.3 Å². The molecule has 0 aliphatic heterocycles. The third kappa shape index (κ3) is 4.45. The average molecular weight is 251 g/mol. The predicted molar refractivity (Wildman–Crippen MR) is 66.6 cm³/mol. The minimum atomic E-state index is -1.08. The van der Waals surface area contributed by atoms with Crippen molar-refractivity contribution in [2.75, 3.05) is 6.54 Å². The second-order valence-electron chi connectivity index (χ2n) is 3.87. The zero-order chi connectivity index (χ0) is 13.5. The van der Waals surface area contributed by atoms with E-state index in [-0.39, 0.29) is 0 Å². The van der Waals surface area contributed by atoms with Gasteiger partial charge in [-0.3, -0.25) is 9.59 Å². The van der Waals surface area contributed by atoms with E-state index in [1.54, 1.807) is 13.0 Å². The zero-order valence-corrected chi connectivity index (χ0v) is 10.5. The smallest absolute Gasteiger partial charge is 0.322 e. The Bertz CT molecular complexity index is 431. The van der Waals surface area contributed by atoms with E-state index in [4.69, 9.17) is 9.84 Å². The lowest BCUT2D eigenvalue weighted by molar-refractivity contribution is -0.139. The van der Waals surface area contributed by atoms with Crippen LogP contribution < -0.4 is 10.1 Å². The summed E-state index contributed by atoms with van der Waals surface area (Å²) < 4.78 is 5.45. The lowest BCUT2D eigenvalue weighted by atomic mass is 10.2. The number of carbonyl (C=O) groups is 2. The molecule has 2 N–H and O–H groups in total. The van der Waals surface area contributed by atoms with Crippen LogP contribution in [0.25, 0.3) is 0 Å². The van der Waals surface area contributed by atoms with Gasteiger partial charge in [0, 0.05) is 0 Å². The van der Waals surface area contributed by atoms with Gasteiger partial charge in [0.05, 0.1) is 0 Å². The number of aryl methyl sites for hydroxylation is 1. The van der Waals surface area contributed by atoms with Crippen LogP contribution in [0, 0.1) is 0 Å². The summed E-state index contributed by atoms with van der Waals surface area (Å²) in [6.45, 7) is 3.21. The Hall–Kier alpha value is -2.04. The zero-order valence-electron chi connectivity index (χ0n) is 10.5. The van der Waals surface area contributed by atoms with Crippen LogP contribution in [0.2, 0.25) is 0 Å². The summed E-state index contributed by atoms with van der Waals surface area (Å²) in [4.78, 5) is 21.8. The number of hydrogen-bond donors (Lipinski definition) is 2. The Balaban J connectivity index is 2.54. The Labute approximate surface area is 106 Å². The van der Waals surface area contributed by atoms with E-state index in [0.717, 1.165) is 12.0 Å². The summed E-state index contributed by atoms with van der Waals surface area (Å²) in [7, 11) is 0. The Morgan fingerprint density at radius 3 is 2.78 bits per heavy atom. The molecule has 5 heteroatoms. The van der Waals surface area contributed by atoms with E-state index in [1.165, 1.54) is 0 Å². The van der Waals surface area contributed by atoms with E-state index in [2.05, 4.69) is 5.32 Å². The van der Waals surface area contributed by atoms with Gasteiger partial charge in [-0.2, -0.15) is 0 Å². The molecule has 98 valence electrons. The predicted octanol–water partition coefficient (Wildman–Crippen LogP) is 1.22. The molecule has 0 saturated heterocycles. The minimum absolute atomic E-state index is 0.401. The first kappa shape index (κ1) is 14.0. The normalized spacial score (nSPS) is 11.7. The molecule has 1 aromatic rings. The monoisotopic (exact) mass is 251 g/mol. The van der Waals surface area contributed by atoms with Crippen molar-refractivity contribution in [3.63, 3.8) is 0 Å². The maximum Gasteiger partial charge on any atom is 0.322 e. The molecule has 5 nitrogen and oxygen atoms in total. The van der Waals surface area contributed by atoms with Gasteiger partial charge in [-0.15, -0.1) is 0 Å². The van der Waals surface area contributed by atoms with Gasteiger partial charge in [-0.1, -0.05) is 19.1 Å². The maximum absolute atomic E-state index is 11.5. The first-order valence-electron chi connectivity index (χ1n) is 5.78. The fourth-order valence-electron chi connectivity index (χ4n) is 1.40. The van der Waals surface area contributed by atoms with Gasteiger partial charge in [-0.25, -0.2) is 0 Å². The number of ether oxygens (including phenoxy) is 1. The molecule has 0 heterocycles. The van der Waals surface area contributed by atoms with Crippen LogP contribution in [0.4, 0.5) is 0 Å². The fraction of sp³-hybridized carbons (Fsp3) is 0.385. The molecule has 0 spiro atoms. The van der Waals surface area contributed by atoms with Crippen LogP contribution in [0.5, 0.6) is 5.75 Å². The molecule has 0 fully saturated rings. The molecule has 18 heavy (non-hydrogen) atoms. The number of carboxylic acid groups (broad SMARTS) is 1. The molecule has 1 amide bonds. The van der Waals surface area contributed by atoms with Crippen molar-refractivity contribution >= 4 is 11.9 Å². The first-order valence-corrected chi connectivity index (χ1v) is 5.78. The molecule has 1 rings (SSSR count). The lowest BCUT2D eigenvalue weighted by Crippen LogP contribution is -2.39. The first-order chi connectivity index (χ1) is 8.52. The van der Waals surface area contributed by atoms with Gasteiger partial charge >= 0.3 is 5.97 Å². The number of carboxylic acids is 1. The topological polar surface area (TPSA) is 75.6 Å². The summed E-state index contributed by atoms with van der Waals surface area (Å²) in [5.41, 5.74) is 1.12. The van der Waals surface area contributed by atoms with Crippen molar-refractivity contribution in [1.82, 2.24) is 5.32 Å². The number of aliphatic carboxylic acids is 1. The number of carbonyl (C=O) groups excluding carboxylic acids is 1. The van der Waals surface area contributed by atoms with Crippen molar-refractivity contribution in [1.29, 1.82) is 0 Å². The quantitative estimate of drug-likeness (QED) is 0.797. The van der Waals surface area contributed by atoms with Crippen molar-refractivity contribution < 1.29 is 19.4 Å². The number of rotatable bonds is 6. The Kier molecular flexibility index (Phi) is 5.17. The third-order valence-corrected chi connectivity index (χ3v) is 2.40. The molecule has 0 radical (unpaired) electrons. The molecule has 0 aliphatic carbocycles. The van der Waals surface area contributed by atoms with Gasteiger partial charge in [0.2, 0.25) is 0 Å². The highest BCUT2D eigenvalue weighted by Crippen LogP contribution is 2.15. The molecule has 0 saturated carbocycles.